The Morgan fingerprint density at radius 1 is 1.13 bits per heavy atom. The molecule has 0 aliphatic carbocycles. The highest BCUT2D eigenvalue weighted by atomic mass is 16.7. The summed E-state index contributed by atoms with van der Waals surface area (Å²) in [4.78, 5) is 11.8. The quantitative estimate of drug-likeness (QED) is 0.204. The molecule has 10 nitrogen and oxygen atoms in total. The van der Waals surface area contributed by atoms with Gasteiger partial charge in [0.2, 0.25) is 0 Å². The monoisotopic (exact) mass is 421 g/mol. The second-order valence-electron chi connectivity index (χ2n) is 6.47. The predicted octanol–water partition coefficient (Wildman–Crippen LogP) is -0.785. The van der Waals surface area contributed by atoms with Crippen LogP contribution in [-0.2, 0) is 19.0 Å². The summed E-state index contributed by atoms with van der Waals surface area (Å²) in [6, 6.07) is 7.93. The van der Waals surface area contributed by atoms with Gasteiger partial charge in [-0.1, -0.05) is 12.1 Å². The van der Waals surface area contributed by atoms with E-state index < -0.39 is 43.3 Å². The van der Waals surface area contributed by atoms with E-state index in [4.69, 9.17) is 19.5 Å². The van der Waals surface area contributed by atoms with Gasteiger partial charge in [0.25, 0.3) is 0 Å². The zero-order valence-corrected chi connectivity index (χ0v) is 15.9. The van der Waals surface area contributed by atoms with Gasteiger partial charge in [-0.05, 0) is 23.8 Å². The Kier molecular flexibility index (Phi) is 8.94. The van der Waals surface area contributed by atoms with E-state index in [0.29, 0.717) is 5.56 Å². The third kappa shape index (κ3) is 6.64. The van der Waals surface area contributed by atoms with Gasteiger partial charge >= 0.3 is 5.97 Å². The van der Waals surface area contributed by atoms with Gasteiger partial charge in [-0.3, -0.25) is 0 Å². The van der Waals surface area contributed by atoms with Gasteiger partial charge in [0.15, 0.2) is 6.29 Å². The Bertz CT molecular complexity index is 797. The zero-order chi connectivity index (χ0) is 22.1. The molecule has 1 aromatic rings. The molecule has 0 bridgehead atoms. The fourth-order valence-electron chi connectivity index (χ4n) is 2.57. The van der Waals surface area contributed by atoms with Crippen LogP contribution in [0, 0.1) is 11.3 Å². The van der Waals surface area contributed by atoms with E-state index in [-0.39, 0.29) is 24.5 Å². The number of allylic oxidation sites excluding steroid dienone is 1. The van der Waals surface area contributed by atoms with Crippen molar-refractivity contribution in [3.8, 4) is 11.8 Å². The molecule has 1 heterocycles. The van der Waals surface area contributed by atoms with Gasteiger partial charge in [0.05, 0.1) is 19.3 Å². The van der Waals surface area contributed by atoms with Crippen molar-refractivity contribution < 1.29 is 44.5 Å². The SMILES string of the molecule is N#C/C=C(\COC(=O)/C=C/c1ccc(O)cc1)COC1OC(CO)C(O)C(O)C1O. The molecule has 0 aromatic heterocycles. The first kappa shape index (κ1) is 23.5. The Labute approximate surface area is 172 Å². The van der Waals surface area contributed by atoms with E-state index in [0.717, 1.165) is 6.08 Å². The van der Waals surface area contributed by atoms with Gasteiger partial charge in [-0.15, -0.1) is 0 Å². The summed E-state index contributed by atoms with van der Waals surface area (Å²) in [5.41, 5.74) is 0.921. The van der Waals surface area contributed by atoms with Crippen molar-refractivity contribution in [1.29, 1.82) is 5.26 Å². The number of carbonyl (C=O) groups excluding carboxylic acids is 1. The minimum atomic E-state index is -1.59. The summed E-state index contributed by atoms with van der Waals surface area (Å²) in [5, 5.41) is 56.7. The summed E-state index contributed by atoms with van der Waals surface area (Å²) in [7, 11) is 0. The zero-order valence-electron chi connectivity index (χ0n) is 15.9. The van der Waals surface area contributed by atoms with E-state index >= 15 is 0 Å². The van der Waals surface area contributed by atoms with E-state index in [2.05, 4.69) is 0 Å². The molecule has 0 radical (unpaired) electrons. The van der Waals surface area contributed by atoms with Gasteiger partial charge in [0, 0.05) is 17.7 Å². The summed E-state index contributed by atoms with van der Waals surface area (Å²) in [6.45, 7) is -1.15. The molecule has 1 aromatic carbocycles. The number of ether oxygens (including phenoxy) is 3. The molecule has 1 saturated heterocycles. The van der Waals surface area contributed by atoms with Gasteiger partial charge in [0.1, 0.15) is 36.8 Å². The van der Waals surface area contributed by atoms with E-state index in [1.165, 1.54) is 24.3 Å². The fourth-order valence-corrected chi connectivity index (χ4v) is 2.57. The van der Waals surface area contributed by atoms with Crippen LogP contribution in [0.5, 0.6) is 5.75 Å². The minimum Gasteiger partial charge on any atom is -0.508 e. The molecular weight excluding hydrogens is 398 g/mol. The Morgan fingerprint density at radius 3 is 2.47 bits per heavy atom. The second-order valence-corrected chi connectivity index (χ2v) is 6.47. The molecular formula is C20H23NO9. The highest BCUT2D eigenvalue weighted by Gasteiger charge is 2.44. The van der Waals surface area contributed by atoms with Crippen LogP contribution in [0.15, 0.2) is 42.0 Å². The molecule has 0 saturated carbocycles. The van der Waals surface area contributed by atoms with Gasteiger partial charge < -0.3 is 39.7 Å². The number of aliphatic hydroxyl groups excluding tert-OH is 4. The normalized spacial score (nSPS) is 27.0. The number of carbonyl (C=O) groups is 1. The van der Waals surface area contributed by atoms with Crippen molar-refractivity contribution in [2.24, 2.45) is 0 Å². The molecule has 1 fully saturated rings. The van der Waals surface area contributed by atoms with Crippen LogP contribution < -0.4 is 0 Å². The Balaban J connectivity index is 1.87. The number of hydrogen-bond acceptors (Lipinski definition) is 10. The highest BCUT2D eigenvalue weighted by molar-refractivity contribution is 5.87. The van der Waals surface area contributed by atoms with Crippen LogP contribution in [0.25, 0.3) is 6.08 Å². The first-order chi connectivity index (χ1) is 14.3. The molecule has 162 valence electrons. The molecule has 5 atom stereocenters. The van der Waals surface area contributed by atoms with Crippen molar-refractivity contribution in [2.75, 3.05) is 19.8 Å². The Morgan fingerprint density at radius 2 is 1.83 bits per heavy atom. The summed E-state index contributed by atoms with van der Waals surface area (Å²) in [5.74, 6) is -0.583. The van der Waals surface area contributed by atoms with Crippen LogP contribution in [0.1, 0.15) is 5.56 Å². The van der Waals surface area contributed by atoms with Crippen LogP contribution >= 0.6 is 0 Å². The lowest BCUT2D eigenvalue weighted by Gasteiger charge is -2.39. The van der Waals surface area contributed by atoms with Gasteiger partial charge in [-0.2, -0.15) is 5.26 Å². The smallest absolute Gasteiger partial charge is 0.331 e. The standard InChI is InChI=1S/C20H23NO9/c21-8-7-13(10-28-16(24)6-3-12-1-4-14(23)5-2-12)11-29-20-19(27)18(26)17(25)15(9-22)30-20/h1-7,15,17-20,22-23,25-27H,9-11H2/b6-3+,13-7+. The summed E-state index contributed by atoms with van der Waals surface area (Å²) >= 11 is 0. The molecule has 0 amide bonds. The number of phenolic OH excluding ortho intramolecular Hbond substituents is 1. The van der Waals surface area contributed by atoms with Crippen molar-refractivity contribution in [2.45, 2.75) is 30.7 Å². The van der Waals surface area contributed by atoms with Crippen LogP contribution in [0.3, 0.4) is 0 Å². The minimum absolute atomic E-state index is 0.0976. The largest absolute Gasteiger partial charge is 0.508 e. The highest BCUT2D eigenvalue weighted by Crippen LogP contribution is 2.22. The molecule has 1 aliphatic heterocycles. The Hall–Kier alpha value is -2.78. The number of nitriles is 1. The lowest BCUT2D eigenvalue weighted by atomic mass is 9.99. The maximum Gasteiger partial charge on any atom is 0.331 e. The number of nitrogens with zero attached hydrogens (tertiary/aromatic N) is 1. The van der Waals surface area contributed by atoms with Crippen LogP contribution in [0.2, 0.25) is 0 Å². The summed E-state index contributed by atoms with van der Waals surface area (Å²) < 4.78 is 15.6. The first-order valence-corrected chi connectivity index (χ1v) is 8.99. The summed E-state index contributed by atoms with van der Waals surface area (Å²) in [6.07, 6.45) is -3.42. The molecule has 30 heavy (non-hydrogen) atoms. The number of rotatable bonds is 8. The lowest BCUT2D eigenvalue weighted by molar-refractivity contribution is -0.299. The number of hydrogen-bond donors (Lipinski definition) is 5. The van der Waals surface area contributed by atoms with Crippen molar-refractivity contribution in [3.05, 3.63) is 47.6 Å². The molecule has 5 unspecified atom stereocenters. The number of esters is 1. The topological polar surface area (TPSA) is 170 Å². The number of phenols is 1. The van der Waals surface area contributed by atoms with Gasteiger partial charge in [-0.25, -0.2) is 4.79 Å². The molecule has 1 aliphatic rings. The van der Waals surface area contributed by atoms with E-state index in [9.17, 15) is 30.3 Å². The lowest BCUT2D eigenvalue weighted by Crippen LogP contribution is -2.59. The molecule has 5 N–H and O–H groups in total. The van der Waals surface area contributed by atoms with Crippen LogP contribution in [-0.4, -0.2) is 82.0 Å². The number of aromatic hydroxyl groups is 1. The van der Waals surface area contributed by atoms with Crippen molar-refractivity contribution >= 4 is 12.0 Å². The first-order valence-electron chi connectivity index (χ1n) is 8.99. The molecule has 2 rings (SSSR count). The number of aliphatic hydroxyl groups is 4. The van der Waals surface area contributed by atoms with E-state index in [1.807, 2.05) is 0 Å². The van der Waals surface area contributed by atoms with E-state index in [1.54, 1.807) is 18.2 Å². The molecule has 0 spiro atoms. The average molecular weight is 421 g/mol. The maximum atomic E-state index is 11.8. The predicted molar refractivity (Wildman–Crippen MR) is 102 cm³/mol. The third-order valence-electron chi connectivity index (χ3n) is 4.25. The van der Waals surface area contributed by atoms with Crippen molar-refractivity contribution in [3.63, 3.8) is 0 Å². The third-order valence-corrected chi connectivity index (χ3v) is 4.25. The van der Waals surface area contributed by atoms with Crippen LogP contribution in [0.4, 0.5) is 0 Å². The average Bonchev–Trinajstić information content (AvgIpc) is 2.74. The second kappa shape index (κ2) is 11.4. The maximum absolute atomic E-state index is 11.8. The fraction of sp³-hybridized carbons (Fsp3) is 0.400. The van der Waals surface area contributed by atoms with Crippen molar-refractivity contribution in [1.82, 2.24) is 0 Å². The molecule has 10 heteroatoms. The number of benzene rings is 1.